The molecule has 0 aliphatic carbocycles. The molecule has 0 atom stereocenters. The number of hydrogen-bond acceptors (Lipinski definition) is 5. The van der Waals surface area contributed by atoms with Crippen molar-refractivity contribution in [2.75, 3.05) is 18.0 Å². The largest absolute Gasteiger partial charge is 0.481 e. The number of halogens is 1. The van der Waals surface area contributed by atoms with Crippen LogP contribution in [-0.2, 0) is 4.79 Å². The fourth-order valence-electron chi connectivity index (χ4n) is 2.38. The molecule has 3 rings (SSSR count). The molecule has 0 amide bonds. The standard InChI is InChI=1S/C13H14FN5O2/c14-10-8-15-13(17-11(10)19-5-1-4-16-19)18-6-2-9(3-7-18)12(20)21/h1,4-5,8-9H,2-3,6-7H2,(H,20,21). The predicted molar refractivity (Wildman–Crippen MR) is 71.7 cm³/mol. The number of carbonyl (C=O) groups is 1. The summed E-state index contributed by atoms with van der Waals surface area (Å²) < 4.78 is 15.1. The van der Waals surface area contributed by atoms with E-state index < -0.39 is 11.8 Å². The van der Waals surface area contributed by atoms with Crippen molar-refractivity contribution in [1.82, 2.24) is 19.7 Å². The Kier molecular flexibility index (Phi) is 3.51. The van der Waals surface area contributed by atoms with Crippen LogP contribution in [0.15, 0.2) is 24.7 Å². The molecule has 0 radical (unpaired) electrons. The second kappa shape index (κ2) is 5.47. The Labute approximate surface area is 120 Å². The van der Waals surface area contributed by atoms with Gasteiger partial charge >= 0.3 is 5.97 Å². The van der Waals surface area contributed by atoms with E-state index in [9.17, 15) is 9.18 Å². The van der Waals surface area contributed by atoms with E-state index in [4.69, 9.17) is 5.11 Å². The van der Waals surface area contributed by atoms with E-state index in [2.05, 4.69) is 15.1 Å². The maximum absolute atomic E-state index is 13.8. The lowest BCUT2D eigenvalue weighted by atomic mass is 9.97. The van der Waals surface area contributed by atoms with Gasteiger partial charge < -0.3 is 10.0 Å². The minimum atomic E-state index is -0.771. The minimum absolute atomic E-state index is 0.0883. The third-order valence-electron chi connectivity index (χ3n) is 3.56. The second-order valence-electron chi connectivity index (χ2n) is 4.89. The molecule has 0 unspecified atom stereocenters. The highest BCUT2D eigenvalue weighted by atomic mass is 19.1. The Morgan fingerprint density at radius 2 is 2.14 bits per heavy atom. The van der Waals surface area contributed by atoms with E-state index in [1.807, 2.05) is 4.90 Å². The summed E-state index contributed by atoms with van der Waals surface area (Å²) in [5, 5.41) is 12.9. The highest BCUT2D eigenvalue weighted by Gasteiger charge is 2.26. The fourth-order valence-corrected chi connectivity index (χ4v) is 2.38. The molecular formula is C13H14FN5O2. The minimum Gasteiger partial charge on any atom is -0.481 e. The second-order valence-corrected chi connectivity index (χ2v) is 4.89. The molecule has 2 aromatic heterocycles. The summed E-state index contributed by atoms with van der Waals surface area (Å²) in [4.78, 5) is 21.0. The summed E-state index contributed by atoms with van der Waals surface area (Å²) in [5.74, 6) is -1.17. The lowest BCUT2D eigenvalue weighted by Gasteiger charge is -2.30. The van der Waals surface area contributed by atoms with Crippen molar-refractivity contribution in [1.29, 1.82) is 0 Å². The average Bonchev–Trinajstić information content (AvgIpc) is 3.02. The Balaban J connectivity index is 1.81. The van der Waals surface area contributed by atoms with Gasteiger partial charge in [0.15, 0.2) is 11.6 Å². The Hall–Kier alpha value is -2.51. The molecule has 1 saturated heterocycles. The van der Waals surface area contributed by atoms with Gasteiger partial charge in [0.2, 0.25) is 5.95 Å². The topological polar surface area (TPSA) is 84.1 Å². The zero-order valence-electron chi connectivity index (χ0n) is 11.2. The van der Waals surface area contributed by atoms with Crippen molar-refractivity contribution in [2.24, 2.45) is 5.92 Å². The third kappa shape index (κ3) is 2.69. The summed E-state index contributed by atoms with van der Waals surface area (Å²) >= 11 is 0. The lowest BCUT2D eigenvalue weighted by Crippen LogP contribution is -2.37. The normalized spacial score (nSPS) is 16.1. The van der Waals surface area contributed by atoms with Crippen LogP contribution >= 0.6 is 0 Å². The van der Waals surface area contributed by atoms with Gasteiger partial charge in [-0.25, -0.2) is 14.1 Å². The van der Waals surface area contributed by atoms with E-state index in [1.165, 1.54) is 4.68 Å². The molecule has 8 heteroatoms. The molecule has 21 heavy (non-hydrogen) atoms. The van der Waals surface area contributed by atoms with Crippen molar-refractivity contribution in [3.8, 4) is 5.82 Å². The van der Waals surface area contributed by atoms with E-state index in [1.54, 1.807) is 18.5 Å². The molecule has 1 N–H and O–H groups in total. The van der Waals surface area contributed by atoms with Crippen molar-refractivity contribution >= 4 is 11.9 Å². The van der Waals surface area contributed by atoms with Gasteiger partial charge in [0.1, 0.15) is 0 Å². The first-order chi connectivity index (χ1) is 10.1. The van der Waals surface area contributed by atoms with Gasteiger partial charge in [-0.15, -0.1) is 0 Å². The number of aliphatic carboxylic acids is 1. The Morgan fingerprint density at radius 1 is 1.38 bits per heavy atom. The van der Waals surface area contributed by atoms with Crippen LogP contribution in [0.3, 0.4) is 0 Å². The van der Waals surface area contributed by atoms with Crippen molar-refractivity contribution in [3.63, 3.8) is 0 Å². The third-order valence-corrected chi connectivity index (χ3v) is 3.56. The summed E-state index contributed by atoms with van der Waals surface area (Å²) in [6.07, 6.45) is 5.33. The number of carboxylic acid groups (broad SMARTS) is 1. The van der Waals surface area contributed by atoms with Crippen LogP contribution in [0.1, 0.15) is 12.8 Å². The van der Waals surface area contributed by atoms with E-state index in [0.29, 0.717) is 31.9 Å². The molecule has 2 aromatic rings. The van der Waals surface area contributed by atoms with Crippen LogP contribution in [0, 0.1) is 11.7 Å². The van der Waals surface area contributed by atoms with Crippen LogP contribution in [0.4, 0.5) is 10.3 Å². The maximum atomic E-state index is 13.8. The van der Waals surface area contributed by atoms with Crippen LogP contribution in [0.2, 0.25) is 0 Å². The first-order valence-corrected chi connectivity index (χ1v) is 6.65. The number of carboxylic acids is 1. The number of anilines is 1. The lowest BCUT2D eigenvalue weighted by molar-refractivity contribution is -0.142. The van der Waals surface area contributed by atoms with Gasteiger partial charge in [0.05, 0.1) is 12.1 Å². The molecular weight excluding hydrogens is 277 g/mol. The highest BCUT2D eigenvalue weighted by molar-refractivity contribution is 5.70. The molecule has 1 fully saturated rings. The molecule has 110 valence electrons. The SMILES string of the molecule is O=C(O)C1CCN(c2ncc(F)c(-n3cccn3)n2)CC1. The van der Waals surface area contributed by atoms with Crippen LogP contribution < -0.4 is 4.90 Å². The summed E-state index contributed by atoms with van der Waals surface area (Å²) in [6, 6.07) is 1.68. The van der Waals surface area contributed by atoms with Gasteiger partial charge in [0, 0.05) is 25.5 Å². The molecule has 0 aromatic carbocycles. The van der Waals surface area contributed by atoms with E-state index >= 15 is 0 Å². The summed E-state index contributed by atoms with van der Waals surface area (Å²) in [5.41, 5.74) is 0. The van der Waals surface area contributed by atoms with Crippen molar-refractivity contribution in [2.45, 2.75) is 12.8 Å². The molecule has 0 saturated carbocycles. The zero-order chi connectivity index (χ0) is 14.8. The molecule has 7 nitrogen and oxygen atoms in total. The first-order valence-electron chi connectivity index (χ1n) is 6.65. The van der Waals surface area contributed by atoms with E-state index in [0.717, 1.165) is 6.20 Å². The number of nitrogens with zero attached hydrogens (tertiary/aromatic N) is 5. The maximum Gasteiger partial charge on any atom is 0.306 e. The van der Waals surface area contributed by atoms with E-state index in [-0.39, 0.29) is 11.7 Å². The quantitative estimate of drug-likeness (QED) is 0.911. The molecule has 1 aliphatic rings. The van der Waals surface area contributed by atoms with Crippen molar-refractivity contribution in [3.05, 3.63) is 30.5 Å². The van der Waals surface area contributed by atoms with Crippen LogP contribution in [0.25, 0.3) is 5.82 Å². The number of rotatable bonds is 3. The predicted octanol–water partition coefficient (Wildman–Crippen LogP) is 1.10. The zero-order valence-corrected chi connectivity index (χ0v) is 11.2. The number of aromatic nitrogens is 4. The molecule has 0 spiro atoms. The van der Waals surface area contributed by atoms with Gasteiger partial charge in [-0.2, -0.15) is 10.1 Å². The molecule has 3 heterocycles. The molecule has 1 aliphatic heterocycles. The van der Waals surface area contributed by atoms with Gasteiger partial charge in [-0.05, 0) is 18.9 Å². The summed E-state index contributed by atoms with van der Waals surface area (Å²) in [6.45, 7) is 1.09. The first kappa shape index (κ1) is 13.5. The van der Waals surface area contributed by atoms with Gasteiger partial charge in [0.25, 0.3) is 0 Å². The Bertz CT molecular complexity index is 638. The average molecular weight is 291 g/mol. The van der Waals surface area contributed by atoms with Gasteiger partial charge in [-0.1, -0.05) is 0 Å². The Morgan fingerprint density at radius 3 is 2.76 bits per heavy atom. The number of piperidine rings is 1. The van der Waals surface area contributed by atoms with Gasteiger partial charge in [-0.3, -0.25) is 4.79 Å². The number of hydrogen-bond donors (Lipinski definition) is 1. The smallest absolute Gasteiger partial charge is 0.306 e. The van der Waals surface area contributed by atoms with Crippen LogP contribution in [0.5, 0.6) is 0 Å². The monoisotopic (exact) mass is 291 g/mol. The molecule has 0 bridgehead atoms. The van der Waals surface area contributed by atoms with Crippen LogP contribution in [-0.4, -0.2) is 43.9 Å². The fraction of sp³-hybridized carbons (Fsp3) is 0.385. The summed E-state index contributed by atoms with van der Waals surface area (Å²) in [7, 11) is 0. The van der Waals surface area contributed by atoms with Crippen molar-refractivity contribution < 1.29 is 14.3 Å². The highest BCUT2D eigenvalue weighted by Crippen LogP contribution is 2.22.